The van der Waals surface area contributed by atoms with E-state index in [2.05, 4.69) is 10.1 Å². The SMILES string of the molecule is COc1ccc(Oc2c(Cl)cc(-n3nc(Cl)c(=O)[nH]c3=O)cc2Cl)cc1C(=O)N1CC2CCC1C2. The second-order valence-electron chi connectivity index (χ2n) is 8.45. The molecule has 2 unspecified atom stereocenters. The number of nitrogens with one attached hydrogen (secondary N) is 1. The Balaban J connectivity index is 1.46. The van der Waals surface area contributed by atoms with Crippen molar-refractivity contribution in [3.63, 3.8) is 0 Å². The van der Waals surface area contributed by atoms with Crippen LogP contribution in [0.2, 0.25) is 15.2 Å². The maximum atomic E-state index is 13.3. The van der Waals surface area contributed by atoms with E-state index in [1.54, 1.807) is 18.2 Å². The predicted octanol–water partition coefficient (Wildman–Crippen LogP) is 4.31. The summed E-state index contributed by atoms with van der Waals surface area (Å²) in [7, 11) is 1.51. The van der Waals surface area contributed by atoms with Gasteiger partial charge in [-0.15, -0.1) is 5.10 Å². The molecule has 1 aliphatic carbocycles. The van der Waals surface area contributed by atoms with E-state index in [0.29, 0.717) is 23.0 Å². The topological polar surface area (TPSA) is 107 Å². The quantitative estimate of drug-likeness (QED) is 0.520. The van der Waals surface area contributed by atoms with E-state index < -0.39 is 16.4 Å². The largest absolute Gasteiger partial charge is 0.496 e. The van der Waals surface area contributed by atoms with Gasteiger partial charge in [-0.1, -0.05) is 34.8 Å². The highest BCUT2D eigenvalue weighted by Crippen LogP contribution is 2.41. The zero-order chi connectivity index (χ0) is 24.9. The van der Waals surface area contributed by atoms with Crippen LogP contribution in [0.3, 0.4) is 0 Å². The monoisotopic (exact) mass is 536 g/mol. The molecule has 0 spiro atoms. The van der Waals surface area contributed by atoms with Crippen molar-refractivity contribution in [3.8, 4) is 22.9 Å². The summed E-state index contributed by atoms with van der Waals surface area (Å²) in [5, 5.41) is 3.48. The molecular formula is C23H19Cl3N4O5. The molecule has 182 valence electrons. The number of ether oxygens (including phenoxy) is 2. The van der Waals surface area contributed by atoms with Crippen molar-refractivity contribution >= 4 is 40.7 Å². The summed E-state index contributed by atoms with van der Waals surface area (Å²) in [5.74, 6) is 1.34. The fraction of sp³-hybridized carbons (Fsp3) is 0.304. The van der Waals surface area contributed by atoms with E-state index in [1.165, 1.54) is 19.2 Å². The number of H-pyrrole nitrogens is 1. The third-order valence-corrected chi connectivity index (χ3v) is 7.12. The molecule has 1 N–H and O–H groups in total. The van der Waals surface area contributed by atoms with E-state index in [1.807, 2.05) is 4.90 Å². The molecule has 2 aliphatic rings. The van der Waals surface area contributed by atoms with Crippen LogP contribution in [0.25, 0.3) is 5.69 Å². The summed E-state index contributed by atoms with van der Waals surface area (Å²) in [6.07, 6.45) is 3.22. The van der Waals surface area contributed by atoms with Gasteiger partial charge in [-0.05, 0) is 55.5 Å². The first kappa shape index (κ1) is 23.7. The highest BCUT2D eigenvalue weighted by Gasteiger charge is 2.41. The number of rotatable bonds is 5. The normalized spacial score (nSPS) is 18.7. The molecule has 1 aromatic heterocycles. The standard InChI is InChI=1S/C23H19Cl3N4O5/c1-34-18-5-4-14(9-15(18)22(32)29-10-11-2-3-12(29)6-11)35-19-16(24)7-13(8-17(19)25)30-23(33)27-21(31)20(26)28-30/h4-5,7-9,11-12H,2-3,6,10H2,1H3,(H,27,31,33). The van der Waals surface area contributed by atoms with Gasteiger partial charge in [0.1, 0.15) is 11.5 Å². The van der Waals surface area contributed by atoms with Crippen LogP contribution in [0.4, 0.5) is 0 Å². The van der Waals surface area contributed by atoms with Gasteiger partial charge in [0.15, 0.2) is 5.75 Å². The number of carbonyl (C=O) groups excluding carboxylic acids is 1. The first-order valence-corrected chi connectivity index (χ1v) is 11.9. The molecule has 0 radical (unpaired) electrons. The van der Waals surface area contributed by atoms with Crippen molar-refractivity contribution in [3.05, 3.63) is 71.9 Å². The van der Waals surface area contributed by atoms with Gasteiger partial charge in [0.2, 0.25) is 5.15 Å². The Hall–Kier alpha value is -3.01. The lowest BCUT2D eigenvalue weighted by atomic mass is 10.1. The number of aromatic nitrogens is 3. The van der Waals surface area contributed by atoms with Crippen molar-refractivity contribution in [2.24, 2.45) is 5.92 Å². The number of aromatic amines is 1. The molecule has 1 saturated heterocycles. The Morgan fingerprint density at radius 3 is 2.49 bits per heavy atom. The molecule has 1 aliphatic heterocycles. The van der Waals surface area contributed by atoms with E-state index in [9.17, 15) is 14.4 Å². The van der Waals surface area contributed by atoms with E-state index in [0.717, 1.165) is 30.5 Å². The third-order valence-electron chi connectivity index (χ3n) is 6.31. The number of fused-ring (bicyclic) bond motifs is 2. The number of carbonyl (C=O) groups is 1. The molecule has 12 heteroatoms. The zero-order valence-electron chi connectivity index (χ0n) is 18.4. The fourth-order valence-electron chi connectivity index (χ4n) is 4.69. The number of amides is 1. The molecule has 1 saturated carbocycles. The average Bonchev–Trinajstić information content (AvgIpc) is 3.47. The number of hydrogen-bond acceptors (Lipinski definition) is 6. The molecular weight excluding hydrogens is 519 g/mol. The van der Waals surface area contributed by atoms with Gasteiger partial charge in [0.25, 0.3) is 11.5 Å². The number of nitrogens with zero attached hydrogens (tertiary/aromatic N) is 3. The average molecular weight is 538 g/mol. The second kappa shape index (κ2) is 9.22. The summed E-state index contributed by atoms with van der Waals surface area (Å²) in [4.78, 5) is 40.9. The molecule has 5 rings (SSSR count). The Bertz CT molecular complexity index is 1430. The Morgan fingerprint density at radius 2 is 1.86 bits per heavy atom. The molecule has 9 nitrogen and oxygen atoms in total. The van der Waals surface area contributed by atoms with Crippen molar-refractivity contribution in [2.45, 2.75) is 25.3 Å². The number of hydrogen-bond donors (Lipinski definition) is 1. The van der Waals surface area contributed by atoms with E-state index in [4.69, 9.17) is 44.3 Å². The second-order valence-corrected chi connectivity index (χ2v) is 9.63. The molecule has 35 heavy (non-hydrogen) atoms. The van der Waals surface area contributed by atoms with Crippen molar-refractivity contribution in [2.75, 3.05) is 13.7 Å². The van der Waals surface area contributed by atoms with Crippen LogP contribution < -0.4 is 20.7 Å². The lowest BCUT2D eigenvalue weighted by molar-refractivity contribution is 0.0700. The van der Waals surface area contributed by atoms with Crippen LogP contribution in [-0.4, -0.2) is 45.3 Å². The van der Waals surface area contributed by atoms with E-state index >= 15 is 0 Å². The van der Waals surface area contributed by atoms with Crippen LogP contribution in [0.5, 0.6) is 17.2 Å². The highest BCUT2D eigenvalue weighted by molar-refractivity contribution is 6.37. The van der Waals surface area contributed by atoms with Gasteiger partial charge in [0, 0.05) is 12.6 Å². The summed E-state index contributed by atoms with van der Waals surface area (Å²) in [6.45, 7) is 0.749. The number of likely N-dealkylation sites (tertiary alicyclic amines) is 1. The lowest BCUT2D eigenvalue weighted by Crippen LogP contribution is -2.37. The van der Waals surface area contributed by atoms with Crippen LogP contribution in [0, 0.1) is 5.92 Å². The smallest absolute Gasteiger partial charge is 0.349 e. The first-order valence-electron chi connectivity index (χ1n) is 10.8. The Morgan fingerprint density at radius 1 is 1.11 bits per heavy atom. The number of methoxy groups -OCH3 is 1. The van der Waals surface area contributed by atoms with Crippen molar-refractivity contribution < 1.29 is 14.3 Å². The maximum Gasteiger partial charge on any atom is 0.349 e. The lowest BCUT2D eigenvalue weighted by Gasteiger charge is -2.27. The zero-order valence-corrected chi connectivity index (χ0v) is 20.7. The highest BCUT2D eigenvalue weighted by atomic mass is 35.5. The molecule has 2 heterocycles. The first-order chi connectivity index (χ1) is 16.7. The van der Waals surface area contributed by atoms with E-state index in [-0.39, 0.29) is 33.4 Å². The maximum absolute atomic E-state index is 13.3. The van der Waals surface area contributed by atoms with Crippen LogP contribution >= 0.6 is 34.8 Å². The van der Waals surface area contributed by atoms with Gasteiger partial charge in [-0.3, -0.25) is 14.6 Å². The molecule has 2 fully saturated rings. The third kappa shape index (κ3) is 4.39. The molecule has 3 aromatic rings. The fourth-order valence-corrected chi connectivity index (χ4v) is 5.36. The van der Waals surface area contributed by atoms with Crippen molar-refractivity contribution in [1.82, 2.24) is 19.7 Å². The number of piperidine rings is 1. The Kier molecular flexibility index (Phi) is 6.25. The summed E-state index contributed by atoms with van der Waals surface area (Å²) < 4.78 is 12.2. The Labute approximate surface area is 214 Å². The molecule has 2 aromatic carbocycles. The van der Waals surface area contributed by atoms with Gasteiger partial charge in [-0.25, -0.2) is 4.79 Å². The number of halogens is 3. The van der Waals surface area contributed by atoms with Gasteiger partial charge >= 0.3 is 5.69 Å². The summed E-state index contributed by atoms with van der Waals surface area (Å²) in [5.41, 5.74) is -1.06. The molecule has 2 atom stereocenters. The number of benzene rings is 2. The van der Waals surface area contributed by atoms with Crippen LogP contribution in [0.15, 0.2) is 39.9 Å². The van der Waals surface area contributed by atoms with Gasteiger partial charge < -0.3 is 14.4 Å². The summed E-state index contributed by atoms with van der Waals surface area (Å²) >= 11 is 18.6. The molecule has 1 amide bonds. The van der Waals surface area contributed by atoms with Crippen molar-refractivity contribution in [1.29, 1.82) is 0 Å². The summed E-state index contributed by atoms with van der Waals surface area (Å²) in [6, 6.07) is 7.93. The minimum absolute atomic E-state index is 0.0732. The van der Waals surface area contributed by atoms with Gasteiger partial charge in [0.05, 0.1) is 28.4 Å². The predicted molar refractivity (Wildman–Crippen MR) is 131 cm³/mol. The van der Waals surface area contributed by atoms with Gasteiger partial charge in [-0.2, -0.15) is 4.68 Å². The van der Waals surface area contributed by atoms with Crippen LogP contribution in [0.1, 0.15) is 29.6 Å². The minimum Gasteiger partial charge on any atom is -0.496 e. The molecule has 2 bridgehead atoms. The minimum atomic E-state index is -0.811. The van der Waals surface area contributed by atoms with Crippen LogP contribution in [-0.2, 0) is 0 Å².